The monoisotopic (exact) mass is 452 g/mol. The summed E-state index contributed by atoms with van der Waals surface area (Å²) in [5.74, 6) is -0.403. The van der Waals surface area contributed by atoms with E-state index in [1.807, 2.05) is 19.1 Å². The highest BCUT2D eigenvalue weighted by atomic mass is 35.5. The zero-order chi connectivity index (χ0) is 22.4. The van der Waals surface area contributed by atoms with Crippen LogP contribution in [0, 0.1) is 0 Å². The highest BCUT2D eigenvalue weighted by Gasteiger charge is 2.15. The number of anilines is 2. The third-order valence-electron chi connectivity index (χ3n) is 4.44. The third-order valence-corrected chi connectivity index (χ3v) is 5.79. The van der Waals surface area contributed by atoms with E-state index in [9.17, 15) is 14.4 Å². The zero-order valence-corrected chi connectivity index (χ0v) is 18.6. The number of amides is 2. The summed E-state index contributed by atoms with van der Waals surface area (Å²) in [5.41, 5.74) is 2.37. The molecule has 0 aliphatic rings. The van der Waals surface area contributed by atoms with Crippen molar-refractivity contribution >= 4 is 52.3 Å². The van der Waals surface area contributed by atoms with Gasteiger partial charge in [-0.2, -0.15) is 0 Å². The van der Waals surface area contributed by atoms with Gasteiger partial charge in [-0.3, -0.25) is 14.4 Å². The fourth-order valence-corrected chi connectivity index (χ4v) is 3.80. The van der Waals surface area contributed by atoms with E-state index in [0.29, 0.717) is 27.5 Å². The molecule has 0 saturated carbocycles. The Bertz CT molecular complexity index is 1100. The fraction of sp³-hybridized carbons (Fsp3) is 0.125. The highest BCUT2D eigenvalue weighted by Crippen LogP contribution is 2.26. The topological polar surface area (TPSA) is 75.3 Å². The number of carbonyl (C=O) groups excluding carboxylic acids is 3. The van der Waals surface area contributed by atoms with Crippen molar-refractivity contribution in [1.82, 2.24) is 0 Å². The number of rotatable bonds is 7. The Balaban J connectivity index is 1.55. The molecule has 158 valence electrons. The van der Waals surface area contributed by atoms with E-state index in [1.165, 1.54) is 18.7 Å². The molecule has 31 heavy (non-hydrogen) atoms. The maximum atomic E-state index is 12.5. The summed E-state index contributed by atoms with van der Waals surface area (Å²) in [7, 11) is 0. The predicted octanol–water partition coefficient (Wildman–Crippen LogP) is 5.91. The molecule has 3 aromatic rings. The predicted molar refractivity (Wildman–Crippen MR) is 126 cm³/mol. The number of carbonyl (C=O) groups is 3. The van der Waals surface area contributed by atoms with Gasteiger partial charge in [0.15, 0.2) is 5.78 Å². The molecule has 0 saturated heterocycles. The van der Waals surface area contributed by atoms with Gasteiger partial charge in [-0.1, -0.05) is 17.7 Å². The molecular weight excluding hydrogens is 432 g/mol. The SMILES string of the molecule is CC(=O)c1ccc(NC(=O)C(C)Sc2ccc(NC(=O)c3cccc(Cl)c3)cc2)cc1. The summed E-state index contributed by atoms with van der Waals surface area (Å²) >= 11 is 7.34. The van der Waals surface area contributed by atoms with Gasteiger partial charge in [0.1, 0.15) is 0 Å². The summed E-state index contributed by atoms with van der Waals surface area (Å²) in [6, 6.07) is 20.8. The van der Waals surface area contributed by atoms with Gasteiger partial charge in [0, 0.05) is 32.4 Å². The van der Waals surface area contributed by atoms with Crippen LogP contribution in [0.1, 0.15) is 34.6 Å². The number of hydrogen-bond donors (Lipinski definition) is 2. The van der Waals surface area contributed by atoms with Crippen molar-refractivity contribution in [2.45, 2.75) is 24.0 Å². The molecule has 0 heterocycles. The van der Waals surface area contributed by atoms with E-state index in [-0.39, 0.29) is 22.8 Å². The lowest BCUT2D eigenvalue weighted by atomic mass is 10.1. The molecule has 3 aromatic carbocycles. The largest absolute Gasteiger partial charge is 0.325 e. The molecule has 2 N–H and O–H groups in total. The van der Waals surface area contributed by atoms with Crippen LogP contribution in [0.3, 0.4) is 0 Å². The van der Waals surface area contributed by atoms with Crippen molar-refractivity contribution in [2.24, 2.45) is 0 Å². The van der Waals surface area contributed by atoms with Crippen molar-refractivity contribution in [3.8, 4) is 0 Å². The third kappa shape index (κ3) is 6.44. The minimum atomic E-state index is -0.334. The van der Waals surface area contributed by atoms with Gasteiger partial charge < -0.3 is 10.6 Å². The molecule has 3 rings (SSSR count). The first-order valence-corrected chi connectivity index (χ1v) is 10.8. The Morgan fingerprint density at radius 2 is 1.45 bits per heavy atom. The van der Waals surface area contributed by atoms with E-state index < -0.39 is 0 Å². The van der Waals surface area contributed by atoms with Crippen molar-refractivity contribution < 1.29 is 14.4 Å². The summed E-state index contributed by atoms with van der Waals surface area (Å²) < 4.78 is 0. The standard InChI is InChI=1S/C24H21ClN2O3S/c1-15(28)17-6-8-20(9-7-17)26-23(29)16(2)31-22-12-10-21(11-13-22)27-24(30)18-4-3-5-19(25)14-18/h3-14,16H,1-2H3,(H,26,29)(H,27,30). The summed E-state index contributed by atoms with van der Waals surface area (Å²) in [5, 5.41) is 5.84. The highest BCUT2D eigenvalue weighted by molar-refractivity contribution is 8.00. The maximum absolute atomic E-state index is 12.5. The average Bonchev–Trinajstić information content (AvgIpc) is 2.75. The van der Waals surface area contributed by atoms with Gasteiger partial charge in [-0.15, -0.1) is 11.8 Å². The van der Waals surface area contributed by atoms with Crippen LogP contribution in [-0.4, -0.2) is 22.8 Å². The lowest BCUT2D eigenvalue weighted by Crippen LogP contribution is -2.22. The quantitative estimate of drug-likeness (QED) is 0.345. The Hall–Kier alpha value is -3.09. The van der Waals surface area contributed by atoms with Gasteiger partial charge in [0.2, 0.25) is 5.91 Å². The van der Waals surface area contributed by atoms with Crippen LogP contribution in [0.2, 0.25) is 5.02 Å². The first-order valence-electron chi connectivity index (χ1n) is 9.57. The molecular formula is C24H21ClN2O3S. The second kappa shape index (κ2) is 10.3. The number of hydrogen-bond acceptors (Lipinski definition) is 4. The Morgan fingerprint density at radius 1 is 0.839 bits per heavy atom. The normalized spacial score (nSPS) is 11.5. The molecule has 7 heteroatoms. The zero-order valence-electron chi connectivity index (χ0n) is 17.0. The van der Waals surface area contributed by atoms with E-state index >= 15 is 0 Å². The molecule has 0 aliphatic carbocycles. The van der Waals surface area contributed by atoms with Crippen LogP contribution in [0.4, 0.5) is 11.4 Å². The molecule has 0 aromatic heterocycles. The first-order chi connectivity index (χ1) is 14.8. The Morgan fingerprint density at radius 3 is 2.06 bits per heavy atom. The van der Waals surface area contributed by atoms with Gasteiger partial charge in [0.25, 0.3) is 5.91 Å². The lowest BCUT2D eigenvalue weighted by molar-refractivity contribution is -0.115. The fourth-order valence-electron chi connectivity index (χ4n) is 2.74. The average molecular weight is 453 g/mol. The van der Waals surface area contributed by atoms with Crippen LogP contribution in [0.15, 0.2) is 77.7 Å². The molecule has 0 aliphatic heterocycles. The van der Waals surface area contributed by atoms with Gasteiger partial charge in [-0.25, -0.2) is 0 Å². The van der Waals surface area contributed by atoms with Crippen molar-refractivity contribution in [2.75, 3.05) is 10.6 Å². The summed E-state index contributed by atoms with van der Waals surface area (Å²) in [6.07, 6.45) is 0. The molecule has 1 unspecified atom stereocenters. The van der Waals surface area contributed by atoms with E-state index in [0.717, 1.165) is 4.90 Å². The number of halogens is 1. The van der Waals surface area contributed by atoms with Crippen molar-refractivity contribution in [3.05, 3.63) is 88.9 Å². The van der Waals surface area contributed by atoms with Crippen LogP contribution in [0.25, 0.3) is 0 Å². The first kappa shape index (κ1) is 22.6. The summed E-state index contributed by atoms with van der Waals surface area (Å²) in [6.45, 7) is 3.32. The summed E-state index contributed by atoms with van der Waals surface area (Å²) in [4.78, 5) is 37.0. The van der Waals surface area contributed by atoms with Crippen LogP contribution in [-0.2, 0) is 4.79 Å². The number of nitrogens with one attached hydrogen (secondary N) is 2. The Labute approximate surface area is 190 Å². The Kier molecular flexibility index (Phi) is 7.50. The molecule has 0 radical (unpaired) electrons. The molecule has 0 fully saturated rings. The van der Waals surface area contributed by atoms with Crippen LogP contribution >= 0.6 is 23.4 Å². The van der Waals surface area contributed by atoms with Gasteiger partial charge >= 0.3 is 0 Å². The number of thioether (sulfide) groups is 1. The second-order valence-corrected chi connectivity index (χ2v) is 8.72. The van der Waals surface area contributed by atoms with Gasteiger partial charge in [-0.05, 0) is 80.6 Å². The van der Waals surface area contributed by atoms with E-state index in [4.69, 9.17) is 11.6 Å². The van der Waals surface area contributed by atoms with Gasteiger partial charge in [0.05, 0.1) is 5.25 Å². The van der Waals surface area contributed by atoms with Crippen LogP contribution in [0.5, 0.6) is 0 Å². The molecule has 2 amide bonds. The number of Topliss-reactive ketones (excluding diaryl/α,β-unsaturated/α-hetero) is 1. The molecule has 0 spiro atoms. The van der Waals surface area contributed by atoms with Crippen molar-refractivity contribution in [1.29, 1.82) is 0 Å². The smallest absolute Gasteiger partial charge is 0.255 e. The maximum Gasteiger partial charge on any atom is 0.255 e. The second-order valence-electron chi connectivity index (χ2n) is 6.87. The minimum Gasteiger partial charge on any atom is -0.325 e. The lowest BCUT2D eigenvalue weighted by Gasteiger charge is -2.13. The van der Waals surface area contributed by atoms with Crippen molar-refractivity contribution in [3.63, 3.8) is 0 Å². The molecule has 5 nitrogen and oxygen atoms in total. The molecule has 0 bridgehead atoms. The van der Waals surface area contributed by atoms with E-state index in [1.54, 1.807) is 60.7 Å². The number of benzene rings is 3. The minimum absolute atomic E-state index is 0.0194. The van der Waals surface area contributed by atoms with E-state index in [2.05, 4.69) is 10.6 Å². The van der Waals surface area contributed by atoms with Crippen LogP contribution < -0.4 is 10.6 Å². The number of ketones is 1. The molecule has 1 atom stereocenters.